The summed E-state index contributed by atoms with van der Waals surface area (Å²) in [4.78, 5) is 24.0. The zero-order valence-electron chi connectivity index (χ0n) is 14.1. The Bertz CT molecular complexity index is 755. The van der Waals surface area contributed by atoms with E-state index in [4.69, 9.17) is 5.73 Å². The number of amides is 2. The SMILES string of the molecule is Cc1nn(C)c(C)c1CCC(=O)Nc1ccccc1SCC(N)=O. The normalized spacial score (nSPS) is 10.6. The van der Waals surface area contributed by atoms with E-state index in [1.807, 2.05) is 49.8 Å². The lowest BCUT2D eigenvalue weighted by atomic mass is 10.1. The zero-order valence-corrected chi connectivity index (χ0v) is 14.9. The maximum atomic E-state index is 12.3. The van der Waals surface area contributed by atoms with Gasteiger partial charge in [0.1, 0.15) is 0 Å². The third-order valence-electron chi connectivity index (χ3n) is 3.79. The van der Waals surface area contributed by atoms with Crippen molar-refractivity contribution in [2.75, 3.05) is 11.1 Å². The van der Waals surface area contributed by atoms with Crippen LogP contribution >= 0.6 is 11.8 Å². The van der Waals surface area contributed by atoms with E-state index in [2.05, 4.69) is 10.4 Å². The van der Waals surface area contributed by atoms with Gasteiger partial charge in [-0.15, -0.1) is 11.8 Å². The van der Waals surface area contributed by atoms with Gasteiger partial charge < -0.3 is 11.1 Å². The second kappa shape index (κ2) is 8.01. The number of carbonyl (C=O) groups excluding carboxylic acids is 2. The Morgan fingerprint density at radius 1 is 1.29 bits per heavy atom. The number of thioether (sulfide) groups is 1. The summed E-state index contributed by atoms with van der Waals surface area (Å²) in [5, 5.41) is 7.28. The molecule has 0 unspecified atom stereocenters. The smallest absolute Gasteiger partial charge is 0.227 e. The summed E-state index contributed by atoms with van der Waals surface area (Å²) in [5.41, 5.74) is 9.04. The molecule has 2 amide bonds. The van der Waals surface area contributed by atoms with Crippen molar-refractivity contribution in [3.8, 4) is 0 Å². The molecule has 7 heteroatoms. The first kappa shape index (κ1) is 18.1. The van der Waals surface area contributed by atoms with Gasteiger partial charge in [0.2, 0.25) is 11.8 Å². The topological polar surface area (TPSA) is 90.0 Å². The predicted molar refractivity (Wildman–Crippen MR) is 96.0 cm³/mol. The Morgan fingerprint density at radius 2 is 2.00 bits per heavy atom. The van der Waals surface area contributed by atoms with E-state index in [1.54, 1.807) is 0 Å². The molecule has 3 N–H and O–H groups in total. The molecule has 6 nitrogen and oxygen atoms in total. The Labute approximate surface area is 145 Å². The molecular formula is C17H22N4O2S. The Morgan fingerprint density at radius 3 is 2.62 bits per heavy atom. The minimum Gasteiger partial charge on any atom is -0.369 e. The third-order valence-corrected chi connectivity index (χ3v) is 4.89. The number of hydrogen-bond donors (Lipinski definition) is 2. The molecule has 1 heterocycles. The number of anilines is 1. The summed E-state index contributed by atoms with van der Waals surface area (Å²) in [7, 11) is 1.90. The molecule has 0 atom stereocenters. The van der Waals surface area contributed by atoms with Crippen molar-refractivity contribution in [3.63, 3.8) is 0 Å². The molecular weight excluding hydrogens is 324 g/mol. The van der Waals surface area contributed by atoms with Crippen LogP contribution in [0.25, 0.3) is 0 Å². The lowest BCUT2D eigenvalue weighted by molar-refractivity contribution is -0.116. The monoisotopic (exact) mass is 346 g/mol. The van der Waals surface area contributed by atoms with Crippen LogP contribution in [0, 0.1) is 13.8 Å². The highest BCUT2D eigenvalue weighted by molar-refractivity contribution is 8.00. The molecule has 0 fully saturated rings. The van der Waals surface area contributed by atoms with Crippen molar-refractivity contribution in [2.45, 2.75) is 31.6 Å². The Kier molecular flexibility index (Phi) is 6.03. The van der Waals surface area contributed by atoms with Gasteiger partial charge in [0, 0.05) is 24.1 Å². The van der Waals surface area contributed by atoms with E-state index in [0.29, 0.717) is 18.5 Å². The highest BCUT2D eigenvalue weighted by atomic mass is 32.2. The van der Waals surface area contributed by atoms with Gasteiger partial charge >= 0.3 is 0 Å². The molecule has 2 aromatic rings. The molecule has 2 rings (SSSR count). The second-order valence-corrected chi connectivity index (χ2v) is 6.59. The van der Waals surface area contributed by atoms with Gasteiger partial charge in [0.25, 0.3) is 0 Å². The van der Waals surface area contributed by atoms with E-state index in [0.717, 1.165) is 21.8 Å². The van der Waals surface area contributed by atoms with E-state index >= 15 is 0 Å². The molecule has 0 aliphatic rings. The highest BCUT2D eigenvalue weighted by Crippen LogP contribution is 2.27. The Hall–Kier alpha value is -2.28. The Balaban J connectivity index is 1.98. The number of aryl methyl sites for hydroxylation is 2. The zero-order chi connectivity index (χ0) is 17.7. The van der Waals surface area contributed by atoms with Crippen molar-refractivity contribution in [1.82, 2.24) is 9.78 Å². The average Bonchev–Trinajstić information content (AvgIpc) is 2.77. The quantitative estimate of drug-likeness (QED) is 0.752. The molecule has 24 heavy (non-hydrogen) atoms. The largest absolute Gasteiger partial charge is 0.369 e. The third kappa shape index (κ3) is 4.61. The summed E-state index contributed by atoms with van der Waals surface area (Å²) < 4.78 is 1.83. The molecule has 0 radical (unpaired) electrons. The molecule has 128 valence electrons. The van der Waals surface area contributed by atoms with Crippen LogP contribution in [0.5, 0.6) is 0 Å². The summed E-state index contributed by atoms with van der Waals surface area (Å²) in [6.45, 7) is 3.96. The van der Waals surface area contributed by atoms with Crippen molar-refractivity contribution in [1.29, 1.82) is 0 Å². The number of aromatic nitrogens is 2. The molecule has 1 aromatic heterocycles. The van der Waals surface area contributed by atoms with Gasteiger partial charge in [-0.3, -0.25) is 14.3 Å². The number of nitrogens with two attached hydrogens (primary N) is 1. The fraction of sp³-hybridized carbons (Fsp3) is 0.353. The van der Waals surface area contributed by atoms with Crippen LogP contribution in [0.3, 0.4) is 0 Å². The van der Waals surface area contributed by atoms with E-state index in [1.165, 1.54) is 11.8 Å². The fourth-order valence-electron chi connectivity index (χ4n) is 2.48. The number of nitrogens with one attached hydrogen (secondary N) is 1. The lowest BCUT2D eigenvalue weighted by Crippen LogP contribution is -2.15. The first-order valence-electron chi connectivity index (χ1n) is 7.67. The standard InChI is InChI=1S/C17H22N4O2S/c1-11-13(12(2)21(3)20-11)8-9-17(23)19-14-6-4-5-7-15(14)24-10-16(18)22/h4-7H,8-10H2,1-3H3,(H2,18,22)(H,19,23). The number of carbonyl (C=O) groups is 2. The van der Waals surface area contributed by atoms with Gasteiger partial charge in [0.05, 0.1) is 17.1 Å². The van der Waals surface area contributed by atoms with Crippen LogP contribution < -0.4 is 11.1 Å². The summed E-state index contributed by atoms with van der Waals surface area (Å²) in [5.74, 6) is -0.269. The number of rotatable bonds is 7. The van der Waals surface area contributed by atoms with Crippen molar-refractivity contribution in [3.05, 3.63) is 41.2 Å². The van der Waals surface area contributed by atoms with Crippen LogP contribution in [0.2, 0.25) is 0 Å². The van der Waals surface area contributed by atoms with Crippen LogP contribution in [0.4, 0.5) is 5.69 Å². The van der Waals surface area contributed by atoms with Crippen LogP contribution in [-0.2, 0) is 23.1 Å². The van der Waals surface area contributed by atoms with Crippen molar-refractivity contribution in [2.24, 2.45) is 12.8 Å². The predicted octanol–water partition coefficient (Wildman–Crippen LogP) is 2.19. The van der Waals surface area contributed by atoms with Gasteiger partial charge in [0.15, 0.2) is 0 Å². The molecule has 0 aliphatic carbocycles. The number of nitrogens with zero attached hydrogens (tertiary/aromatic N) is 2. The summed E-state index contributed by atoms with van der Waals surface area (Å²) in [6, 6.07) is 7.39. The molecule has 0 saturated heterocycles. The van der Waals surface area contributed by atoms with E-state index in [-0.39, 0.29) is 17.6 Å². The highest BCUT2D eigenvalue weighted by Gasteiger charge is 2.12. The van der Waals surface area contributed by atoms with Gasteiger partial charge in [-0.05, 0) is 38.0 Å². The minimum absolute atomic E-state index is 0.0650. The van der Waals surface area contributed by atoms with Gasteiger partial charge in [-0.25, -0.2) is 0 Å². The molecule has 0 spiro atoms. The first-order valence-corrected chi connectivity index (χ1v) is 8.66. The summed E-state index contributed by atoms with van der Waals surface area (Å²) in [6.07, 6.45) is 1.02. The molecule has 1 aromatic carbocycles. The number of primary amides is 1. The molecule has 0 saturated carbocycles. The van der Waals surface area contributed by atoms with Crippen LogP contribution in [-0.4, -0.2) is 27.3 Å². The fourth-order valence-corrected chi connectivity index (χ4v) is 3.22. The van der Waals surface area contributed by atoms with E-state index in [9.17, 15) is 9.59 Å². The summed E-state index contributed by atoms with van der Waals surface area (Å²) >= 11 is 1.32. The number of benzene rings is 1. The van der Waals surface area contributed by atoms with Gasteiger partial charge in [-0.1, -0.05) is 12.1 Å². The lowest BCUT2D eigenvalue weighted by Gasteiger charge is -2.10. The maximum Gasteiger partial charge on any atom is 0.227 e. The first-order chi connectivity index (χ1) is 11.4. The van der Waals surface area contributed by atoms with Crippen molar-refractivity contribution < 1.29 is 9.59 Å². The van der Waals surface area contributed by atoms with Crippen LogP contribution in [0.15, 0.2) is 29.2 Å². The number of para-hydroxylation sites is 1. The van der Waals surface area contributed by atoms with E-state index < -0.39 is 0 Å². The molecule has 0 aliphatic heterocycles. The van der Waals surface area contributed by atoms with Crippen LogP contribution in [0.1, 0.15) is 23.4 Å². The molecule has 0 bridgehead atoms. The van der Waals surface area contributed by atoms with Crippen molar-refractivity contribution >= 4 is 29.3 Å². The average molecular weight is 346 g/mol. The second-order valence-electron chi connectivity index (χ2n) is 5.57. The maximum absolute atomic E-state index is 12.3. The number of hydrogen-bond acceptors (Lipinski definition) is 4. The minimum atomic E-state index is -0.386. The van der Waals surface area contributed by atoms with Gasteiger partial charge in [-0.2, -0.15) is 5.10 Å².